The number of carbonyl (C=O) groups is 1. The van der Waals surface area contributed by atoms with Crippen LogP contribution in [0.1, 0.15) is 18.5 Å². The van der Waals surface area contributed by atoms with E-state index in [1.54, 1.807) is 19.1 Å². The van der Waals surface area contributed by atoms with Crippen LogP contribution in [0.25, 0.3) is 0 Å². The van der Waals surface area contributed by atoms with E-state index in [0.717, 1.165) is 11.6 Å². The third kappa shape index (κ3) is 4.66. The molecule has 0 fully saturated rings. The predicted molar refractivity (Wildman–Crippen MR) is 86.6 cm³/mol. The van der Waals surface area contributed by atoms with Crippen LogP contribution in [0.5, 0.6) is 5.75 Å². The van der Waals surface area contributed by atoms with E-state index in [1.165, 1.54) is 24.3 Å². The maximum Gasteiger partial charge on any atom is 0.312 e. The summed E-state index contributed by atoms with van der Waals surface area (Å²) in [6, 6.07) is 9.27. The summed E-state index contributed by atoms with van der Waals surface area (Å²) in [5.74, 6) is -0.874. The third-order valence-electron chi connectivity index (χ3n) is 3.22. The Balaban J connectivity index is 1.96. The van der Waals surface area contributed by atoms with Gasteiger partial charge in [-0.2, -0.15) is 0 Å². The SMILES string of the molecule is CC(NC(=O)COc1ccc(Cl)cc1[N+](=O)[O-])c1ccc(F)cc1. The minimum atomic E-state index is -0.639. The number of ether oxygens (including phenoxy) is 1. The van der Waals surface area contributed by atoms with Gasteiger partial charge in [0.1, 0.15) is 5.82 Å². The lowest BCUT2D eigenvalue weighted by Gasteiger charge is -2.14. The van der Waals surface area contributed by atoms with Crippen molar-refractivity contribution in [1.29, 1.82) is 0 Å². The van der Waals surface area contributed by atoms with Crippen LogP contribution in [0.3, 0.4) is 0 Å². The Labute approximate surface area is 142 Å². The number of nitro groups is 1. The molecule has 126 valence electrons. The van der Waals surface area contributed by atoms with Crippen molar-refractivity contribution in [2.45, 2.75) is 13.0 Å². The van der Waals surface area contributed by atoms with Crippen LogP contribution < -0.4 is 10.1 Å². The molecule has 6 nitrogen and oxygen atoms in total. The molecule has 0 aliphatic heterocycles. The molecule has 1 N–H and O–H groups in total. The van der Waals surface area contributed by atoms with Gasteiger partial charge in [-0.05, 0) is 36.8 Å². The van der Waals surface area contributed by atoms with E-state index in [4.69, 9.17) is 16.3 Å². The van der Waals surface area contributed by atoms with Gasteiger partial charge < -0.3 is 10.1 Å². The Kier molecular flexibility index (Phi) is 5.70. The fourth-order valence-electron chi connectivity index (χ4n) is 2.02. The van der Waals surface area contributed by atoms with Crippen molar-refractivity contribution >= 4 is 23.2 Å². The molecule has 0 bridgehead atoms. The van der Waals surface area contributed by atoms with Crippen LogP contribution >= 0.6 is 11.6 Å². The van der Waals surface area contributed by atoms with Gasteiger partial charge in [0.15, 0.2) is 12.4 Å². The molecule has 2 aromatic carbocycles. The highest BCUT2D eigenvalue weighted by atomic mass is 35.5. The van der Waals surface area contributed by atoms with Crippen LogP contribution in [0, 0.1) is 15.9 Å². The Bertz CT molecular complexity index is 752. The highest BCUT2D eigenvalue weighted by Gasteiger charge is 2.17. The number of carbonyl (C=O) groups excluding carboxylic acids is 1. The number of amides is 1. The van der Waals surface area contributed by atoms with E-state index < -0.39 is 17.4 Å². The van der Waals surface area contributed by atoms with Gasteiger partial charge >= 0.3 is 5.69 Å². The molecule has 24 heavy (non-hydrogen) atoms. The second-order valence-corrected chi connectivity index (χ2v) is 5.44. The van der Waals surface area contributed by atoms with Gasteiger partial charge in [0.05, 0.1) is 11.0 Å². The van der Waals surface area contributed by atoms with E-state index in [0.29, 0.717) is 0 Å². The number of nitro benzene ring substituents is 1. The zero-order valence-corrected chi connectivity index (χ0v) is 13.4. The van der Waals surface area contributed by atoms with Crippen molar-refractivity contribution in [3.05, 3.63) is 69.0 Å². The zero-order valence-electron chi connectivity index (χ0n) is 12.7. The average Bonchev–Trinajstić information content (AvgIpc) is 2.54. The molecule has 1 atom stereocenters. The number of hydrogen-bond donors (Lipinski definition) is 1. The van der Waals surface area contributed by atoms with Gasteiger partial charge in [-0.15, -0.1) is 0 Å². The van der Waals surface area contributed by atoms with E-state index in [2.05, 4.69) is 5.32 Å². The first-order chi connectivity index (χ1) is 11.4. The summed E-state index contributed by atoms with van der Waals surface area (Å²) in [6.07, 6.45) is 0. The molecule has 0 spiro atoms. The first-order valence-electron chi connectivity index (χ1n) is 6.98. The number of nitrogens with one attached hydrogen (secondary N) is 1. The van der Waals surface area contributed by atoms with Crippen molar-refractivity contribution in [3.8, 4) is 5.75 Å². The molecular formula is C16H14ClFN2O4. The Morgan fingerprint density at radius 1 is 1.33 bits per heavy atom. The summed E-state index contributed by atoms with van der Waals surface area (Å²) in [5.41, 5.74) is 0.407. The summed E-state index contributed by atoms with van der Waals surface area (Å²) in [5, 5.41) is 13.8. The highest BCUT2D eigenvalue weighted by molar-refractivity contribution is 6.30. The number of nitrogens with zero attached hydrogens (tertiary/aromatic N) is 1. The van der Waals surface area contributed by atoms with Crippen molar-refractivity contribution in [1.82, 2.24) is 5.32 Å². The first kappa shape index (κ1) is 17.7. The molecule has 0 aliphatic carbocycles. The van der Waals surface area contributed by atoms with Crippen molar-refractivity contribution in [2.75, 3.05) is 6.61 Å². The van der Waals surface area contributed by atoms with Gasteiger partial charge in [0.25, 0.3) is 5.91 Å². The summed E-state index contributed by atoms with van der Waals surface area (Å²) >= 11 is 5.71. The summed E-state index contributed by atoms with van der Waals surface area (Å²) in [6.45, 7) is 1.34. The van der Waals surface area contributed by atoms with Crippen molar-refractivity contribution in [2.24, 2.45) is 0 Å². The molecule has 1 unspecified atom stereocenters. The van der Waals surface area contributed by atoms with E-state index >= 15 is 0 Å². The molecule has 0 saturated carbocycles. The van der Waals surface area contributed by atoms with Crippen molar-refractivity contribution in [3.63, 3.8) is 0 Å². The molecule has 2 rings (SSSR count). The minimum absolute atomic E-state index is 0.0472. The lowest BCUT2D eigenvalue weighted by atomic mass is 10.1. The van der Waals surface area contributed by atoms with Gasteiger partial charge in [0, 0.05) is 11.1 Å². The average molecular weight is 353 g/mol. The molecule has 1 amide bonds. The van der Waals surface area contributed by atoms with Crippen LogP contribution in [0.2, 0.25) is 5.02 Å². The lowest BCUT2D eigenvalue weighted by molar-refractivity contribution is -0.385. The second kappa shape index (κ2) is 7.74. The van der Waals surface area contributed by atoms with E-state index in [-0.39, 0.29) is 28.3 Å². The Morgan fingerprint density at radius 2 is 2.00 bits per heavy atom. The molecule has 0 heterocycles. The third-order valence-corrected chi connectivity index (χ3v) is 3.46. The molecular weight excluding hydrogens is 339 g/mol. The molecule has 0 aliphatic rings. The Hall–Kier alpha value is -2.67. The molecule has 8 heteroatoms. The van der Waals surface area contributed by atoms with Crippen LogP contribution in [0.15, 0.2) is 42.5 Å². The minimum Gasteiger partial charge on any atom is -0.477 e. The standard InChI is InChI=1S/C16H14ClFN2O4/c1-10(11-2-5-13(18)6-3-11)19-16(21)9-24-15-7-4-12(17)8-14(15)20(22)23/h2-8,10H,9H2,1H3,(H,19,21). The topological polar surface area (TPSA) is 81.5 Å². The van der Waals surface area contributed by atoms with Crippen LogP contribution in [0.4, 0.5) is 10.1 Å². The summed E-state index contributed by atoms with van der Waals surface area (Å²) in [7, 11) is 0. The zero-order chi connectivity index (χ0) is 17.7. The Morgan fingerprint density at radius 3 is 2.62 bits per heavy atom. The summed E-state index contributed by atoms with van der Waals surface area (Å²) in [4.78, 5) is 22.2. The van der Waals surface area contributed by atoms with Crippen LogP contribution in [-0.4, -0.2) is 17.4 Å². The number of rotatable bonds is 6. The second-order valence-electron chi connectivity index (χ2n) is 5.00. The van der Waals surface area contributed by atoms with Gasteiger partial charge in [-0.25, -0.2) is 4.39 Å². The lowest BCUT2D eigenvalue weighted by Crippen LogP contribution is -2.31. The maximum absolute atomic E-state index is 12.9. The molecule has 0 saturated heterocycles. The highest BCUT2D eigenvalue weighted by Crippen LogP contribution is 2.29. The monoisotopic (exact) mass is 352 g/mol. The first-order valence-corrected chi connectivity index (χ1v) is 7.36. The molecule has 0 aromatic heterocycles. The quantitative estimate of drug-likeness (QED) is 0.635. The molecule has 0 radical (unpaired) electrons. The smallest absolute Gasteiger partial charge is 0.312 e. The normalized spacial score (nSPS) is 11.6. The maximum atomic E-state index is 12.9. The van der Waals surface area contributed by atoms with Crippen LogP contribution in [-0.2, 0) is 4.79 Å². The number of benzene rings is 2. The van der Waals surface area contributed by atoms with Gasteiger partial charge in [-0.1, -0.05) is 23.7 Å². The fourth-order valence-corrected chi connectivity index (χ4v) is 2.18. The predicted octanol–water partition coefficient (Wildman–Crippen LogP) is 3.64. The van der Waals surface area contributed by atoms with Crippen molar-refractivity contribution < 1.29 is 18.8 Å². The summed E-state index contributed by atoms with van der Waals surface area (Å²) < 4.78 is 18.1. The largest absolute Gasteiger partial charge is 0.477 e. The molecule has 2 aromatic rings. The van der Waals surface area contributed by atoms with E-state index in [9.17, 15) is 19.3 Å². The van der Waals surface area contributed by atoms with Gasteiger partial charge in [-0.3, -0.25) is 14.9 Å². The number of hydrogen-bond acceptors (Lipinski definition) is 4. The fraction of sp³-hybridized carbons (Fsp3) is 0.188. The number of halogens is 2. The van der Waals surface area contributed by atoms with Gasteiger partial charge in [0.2, 0.25) is 0 Å². The van der Waals surface area contributed by atoms with E-state index in [1.807, 2.05) is 0 Å².